The summed E-state index contributed by atoms with van der Waals surface area (Å²) in [5.74, 6) is 2.44. The number of aromatic amines is 1. The largest absolute Gasteiger partial charge is 0.359 e. The highest BCUT2D eigenvalue weighted by Gasteiger charge is 2.04. The number of unbranched alkanes of at least 4 members (excludes halogenated alkanes) is 3. The molecule has 0 radical (unpaired) electrons. The standard InChI is InChI=1S/C22H30Cl2N10.C10H16N6S/c23-15-5-9-17(10-6-15)31-21(27)33-19(25)29-13-3-1-2-4-14-30-20(26)34-22(28)32-18-11-7-16(24)8-12-18;1-8-9(16-7-15-8)5-17-4-3-13-10(12-2)14-6-11/h5-12H,1-4,13-14H2,(H5,25,27,29,31,33)(H5,26,28,30,32,34);7H,3-5H2,1-2H3,(H,15,16)(H2,12,13,14). The minimum atomic E-state index is -0.00148. The number of imidazole rings is 1. The quantitative estimate of drug-likeness (QED) is 0.0461. The van der Waals surface area contributed by atoms with Gasteiger partial charge in [0, 0.05) is 65.3 Å². The Balaban J connectivity index is 0.000000444. The number of H-pyrrole nitrogens is 1. The smallest absolute Gasteiger partial charge is 0.209 e. The van der Waals surface area contributed by atoms with Crippen LogP contribution >= 0.6 is 35.0 Å². The molecule has 16 nitrogen and oxygen atoms in total. The Kier molecular flexibility index (Phi) is 20.5. The Morgan fingerprint density at radius 2 is 1.29 bits per heavy atom. The van der Waals surface area contributed by atoms with Gasteiger partial charge in [0.25, 0.3) is 0 Å². The molecule has 2 aromatic carbocycles. The lowest BCUT2D eigenvalue weighted by atomic mass is 10.2. The number of rotatable bonds is 14. The number of benzene rings is 2. The van der Waals surface area contributed by atoms with Gasteiger partial charge in [-0.2, -0.15) is 17.0 Å². The van der Waals surface area contributed by atoms with E-state index >= 15 is 0 Å². The van der Waals surface area contributed by atoms with Crippen LogP contribution in [0.2, 0.25) is 10.0 Å². The first kappa shape index (κ1) is 42.0. The predicted molar refractivity (Wildman–Crippen MR) is 211 cm³/mol. The number of guanidine groups is 5. The van der Waals surface area contributed by atoms with Crippen LogP contribution in [0.15, 0.2) is 59.9 Å². The van der Waals surface area contributed by atoms with E-state index in [0.29, 0.717) is 40.5 Å². The number of aliphatic imine (C=N–C) groups is 1. The summed E-state index contributed by atoms with van der Waals surface area (Å²) >= 11 is 13.5. The number of aromatic nitrogens is 2. The number of halogens is 2. The number of hydrogen-bond acceptors (Lipinski definition) is 8. The number of anilines is 2. The van der Waals surface area contributed by atoms with Crippen molar-refractivity contribution in [2.75, 3.05) is 43.1 Å². The van der Waals surface area contributed by atoms with Crippen LogP contribution in [0.5, 0.6) is 0 Å². The van der Waals surface area contributed by atoms with Gasteiger partial charge in [0.2, 0.25) is 12.2 Å². The van der Waals surface area contributed by atoms with Crippen molar-refractivity contribution in [1.29, 1.82) is 26.9 Å². The van der Waals surface area contributed by atoms with E-state index in [9.17, 15) is 0 Å². The van der Waals surface area contributed by atoms with E-state index in [0.717, 1.165) is 55.1 Å². The molecule has 0 aliphatic carbocycles. The summed E-state index contributed by atoms with van der Waals surface area (Å²) in [6.07, 6.45) is 7.15. The topological polar surface area (TPSA) is 256 Å². The van der Waals surface area contributed by atoms with E-state index in [1.165, 1.54) is 0 Å². The Morgan fingerprint density at radius 1 is 0.784 bits per heavy atom. The maximum atomic E-state index is 8.39. The number of nitriles is 1. The summed E-state index contributed by atoms with van der Waals surface area (Å²) < 4.78 is 0. The molecule has 0 aliphatic heterocycles. The third-order valence-corrected chi connectivity index (χ3v) is 8.02. The van der Waals surface area contributed by atoms with Gasteiger partial charge in [-0.1, -0.05) is 36.0 Å². The van der Waals surface area contributed by atoms with Gasteiger partial charge in [-0.25, -0.2) is 4.98 Å². The fourth-order valence-electron chi connectivity index (χ4n) is 3.96. The second-order valence-electron chi connectivity index (χ2n) is 10.5. The summed E-state index contributed by atoms with van der Waals surface area (Å²) in [5.41, 5.74) is 3.63. The number of hydrogen-bond donors (Lipinski definition) is 13. The van der Waals surface area contributed by atoms with Crippen LogP contribution in [0.4, 0.5) is 11.4 Å². The molecule has 0 saturated carbocycles. The number of aryl methyl sites for hydroxylation is 1. The van der Waals surface area contributed by atoms with Crippen molar-refractivity contribution in [3.63, 3.8) is 0 Å². The van der Waals surface area contributed by atoms with Crippen LogP contribution in [0.1, 0.15) is 37.1 Å². The first-order chi connectivity index (χ1) is 24.6. The predicted octanol–water partition coefficient (Wildman–Crippen LogP) is 4.77. The molecule has 19 heteroatoms. The molecule has 0 amide bonds. The molecule has 0 spiro atoms. The average molecular weight is 758 g/mol. The summed E-state index contributed by atoms with van der Waals surface area (Å²) in [7, 11) is 1.73. The highest BCUT2D eigenvalue weighted by molar-refractivity contribution is 7.98. The van der Waals surface area contributed by atoms with E-state index in [4.69, 9.17) is 50.1 Å². The second-order valence-corrected chi connectivity index (χ2v) is 12.5. The maximum absolute atomic E-state index is 8.39. The summed E-state index contributed by atoms with van der Waals surface area (Å²) in [5, 5.41) is 63.7. The van der Waals surface area contributed by atoms with Crippen LogP contribution in [0.3, 0.4) is 0 Å². The van der Waals surface area contributed by atoms with Crippen molar-refractivity contribution in [3.05, 3.63) is 76.3 Å². The first-order valence-corrected chi connectivity index (χ1v) is 17.9. The molecule has 1 heterocycles. The number of nitrogens with zero attached hydrogens (tertiary/aromatic N) is 3. The van der Waals surface area contributed by atoms with Gasteiger partial charge in [0.1, 0.15) is 0 Å². The lowest BCUT2D eigenvalue weighted by Crippen LogP contribution is -2.43. The first-order valence-electron chi connectivity index (χ1n) is 16.0. The number of thioether (sulfide) groups is 1. The fraction of sp³-hybridized carbons (Fsp3) is 0.344. The van der Waals surface area contributed by atoms with Gasteiger partial charge in [-0.3, -0.25) is 32.3 Å². The lowest BCUT2D eigenvalue weighted by molar-refractivity contribution is 0.619. The zero-order chi connectivity index (χ0) is 37.3. The van der Waals surface area contributed by atoms with Crippen molar-refractivity contribution in [2.24, 2.45) is 4.99 Å². The van der Waals surface area contributed by atoms with Crippen molar-refractivity contribution in [1.82, 2.24) is 41.9 Å². The zero-order valence-corrected chi connectivity index (χ0v) is 30.9. The third-order valence-electron chi connectivity index (χ3n) is 6.54. The van der Waals surface area contributed by atoms with Crippen molar-refractivity contribution >= 4 is 76.1 Å². The minimum Gasteiger partial charge on any atom is -0.359 e. The SMILES string of the molecule is CN/C(=N/C#N)NCCSCc1nc[nH]c1C.N=C(NCCCCCCNC(=N)NC(=N)Nc1ccc(Cl)cc1)NC(=N)Nc1ccc(Cl)cc1. The maximum Gasteiger partial charge on any atom is 0.209 e. The minimum absolute atomic E-state index is 0.00148. The monoisotopic (exact) mass is 756 g/mol. The second kappa shape index (κ2) is 24.9. The Bertz CT molecular complexity index is 1510. The Hall–Kier alpha value is -5.18. The highest BCUT2D eigenvalue weighted by Crippen LogP contribution is 2.14. The average Bonchev–Trinajstić information content (AvgIpc) is 3.51. The van der Waals surface area contributed by atoms with Crippen LogP contribution in [0, 0.1) is 40.0 Å². The summed E-state index contributed by atoms with van der Waals surface area (Å²) in [4.78, 5) is 10.8. The van der Waals surface area contributed by atoms with Crippen LogP contribution in [-0.4, -0.2) is 72.2 Å². The molecule has 0 fully saturated rings. The van der Waals surface area contributed by atoms with E-state index < -0.39 is 0 Å². The molecule has 13 N–H and O–H groups in total. The van der Waals surface area contributed by atoms with Gasteiger partial charge in [0.05, 0.1) is 12.0 Å². The molecule has 3 rings (SSSR count). The van der Waals surface area contributed by atoms with Crippen LogP contribution in [0.25, 0.3) is 0 Å². The molecular formula is C32H46Cl2N16S. The summed E-state index contributed by atoms with van der Waals surface area (Å²) in [6, 6.07) is 13.9. The molecule has 0 saturated heterocycles. The molecule has 274 valence electrons. The molecule has 0 atom stereocenters. The fourth-order valence-corrected chi connectivity index (χ4v) is 5.09. The molecule has 1 aromatic heterocycles. The van der Waals surface area contributed by atoms with Gasteiger partial charge >= 0.3 is 0 Å². The molecule has 0 bridgehead atoms. The van der Waals surface area contributed by atoms with Crippen LogP contribution < -0.4 is 42.5 Å². The van der Waals surface area contributed by atoms with E-state index in [-0.39, 0.29) is 23.8 Å². The normalized spacial score (nSPS) is 10.4. The van der Waals surface area contributed by atoms with Gasteiger partial charge in [-0.15, -0.1) is 4.99 Å². The molecule has 3 aromatic rings. The Morgan fingerprint density at radius 3 is 1.73 bits per heavy atom. The molecule has 51 heavy (non-hydrogen) atoms. The van der Waals surface area contributed by atoms with E-state index in [1.807, 2.05) is 6.92 Å². The van der Waals surface area contributed by atoms with Gasteiger partial charge in [-0.05, 0) is 68.3 Å². The van der Waals surface area contributed by atoms with Gasteiger partial charge < -0.3 is 36.9 Å². The van der Waals surface area contributed by atoms with Crippen molar-refractivity contribution in [3.8, 4) is 6.19 Å². The lowest BCUT2D eigenvalue weighted by Gasteiger charge is -2.13. The molecule has 0 aliphatic rings. The van der Waals surface area contributed by atoms with Crippen LogP contribution in [-0.2, 0) is 5.75 Å². The van der Waals surface area contributed by atoms with E-state index in [1.54, 1.807) is 79.9 Å². The molecular weight excluding hydrogens is 711 g/mol. The Labute approximate surface area is 312 Å². The van der Waals surface area contributed by atoms with Gasteiger partial charge in [0.15, 0.2) is 23.8 Å². The summed E-state index contributed by atoms with van der Waals surface area (Å²) in [6.45, 7) is 4.02. The highest BCUT2D eigenvalue weighted by atomic mass is 35.5. The third kappa shape index (κ3) is 19.6. The van der Waals surface area contributed by atoms with Crippen molar-refractivity contribution in [2.45, 2.75) is 38.4 Å². The number of nitrogens with one attached hydrogen (secondary N) is 13. The zero-order valence-electron chi connectivity index (χ0n) is 28.6. The van der Waals surface area contributed by atoms with E-state index in [2.05, 4.69) is 57.5 Å². The van der Waals surface area contributed by atoms with Crippen molar-refractivity contribution < 1.29 is 0 Å². The molecule has 0 unspecified atom stereocenters.